The van der Waals surface area contributed by atoms with Crippen molar-refractivity contribution in [3.05, 3.63) is 70.8 Å². The second-order valence-corrected chi connectivity index (χ2v) is 6.30. The van der Waals surface area contributed by atoms with Crippen molar-refractivity contribution >= 4 is 12.0 Å². The first-order valence-electron chi connectivity index (χ1n) is 7.73. The van der Waals surface area contributed by atoms with Gasteiger partial charge in [0.2, 0.25) is 0 Å². The second kappa shape index (κ2) is 7.17. The number of amides is 2. The van der Waals surface area contributed by atoms with E-state index in [1.54, 1.807) is 12.1 Å². The number of carbonyl (C=O) groups is 2. The van der Waals surface area contributed by atoms with Gasteiger partial charge in [-0.1, -0.05) is 42.0 Å². The molecule has 0 fully saturated rings. The Labute approximate surface area is 141 Å². The van der Waals surface area contributed by atoms with E-state index >= 15 is 0 Å². The molecule has 2 rings (SSSR count). The van der Waals surface area contributed by atoms with Crippen molar-refractivity contribution in [1.29, 1.82) is 0 Å². The lowest BCUT2D eigenvalue weighted by atomic mass is 9.93. The average molecular weight is 326 g/mol. The lowest BCUT2D eigenvalue weighted by molar-refractivity contribution is 0.0697. The third kappa shape index (κ3) is 4.59. The molecule has 5 nitrogen and oxygen atoms in total. The molecule has 2 amide bonds. The zero-order valence-corrected chi connectivity index (χ0v) is 14.1. The maximum Gasteiger partial charge on any atom is 0.335 e. The van der Waals surface area contributed by atoms with Crippen LogP contribution in [0.15, 0.2) is 48.5 Å². The predicted molar refractivity (Wildman–Crippen MR) is 93.0 cm³/mol. The Morgan fingerprint density at radius 2 is 1.75 bits per heavy atom. The van der Waals surface area contributed by atoms with Gasteiger partial charge in [0.1, 0.15) is 0 Å². The Morgan fingerprint density at radius 1 is 1.08 bits per heavy atom. The Hall–Kier alpha value is -2.82. The average Bonchev–Trinajstić information content (AvgIpc) is 2.53. The lowest BCUT2D eigenvalue weighted by Crippen LogP contribution is -2.46. The number of aryl methyl sites for hydroxylation is 1. The third-order valence-electron chi connectivity index (χ3n) is 3.82. The minimum absolute atomic E-state index is 0.226. The van der Waals surface area contributed by atoms with Gasteiger partial charge in [-0.3, -0.25) is 0 Å². The van der Waals surface area contributed by atoms with E-state index in [-0.39, 0.29) is 11.6 Å². The summed E-state index contributed by atoms with van der Waals surface area (Å²) in [5.74, 6) is -0.966. The number of carbonyl (C=O) groups excluding carboxylic acids is 1. The zero-order chi connectivity index (χ0) is 17.7. The topological polar surface area (TPSA) is 78.4 Å². The Kier molecular flexibility index (Phi) is 5.24. The highest BCUT2D eigenvalue weighted by atomic mass is 16.4. The monoisotopic (exact) mass is 326 g/mol. The molecule has 0 aliphatic heterocycles. The molecule has 0 unspecified atom stereocenters. The molecule has 0 aliphatic carbocycles. The van der Waals surface area contributed by atoms with Gasteiger partial charge < -0.3 is 15.7 Å². The van der Waals surface area contributed by atoms with Crippen molar-refractivity contribution in [3.8, 4) is 0 Å². The van der Waals surface area contributed by atoms with Crippen LogP contribution in [0, 0.1) is 6.92 Å². The van der Waals surface area contributed by atoms with Crippen molar-refractivity contribution in [2.45, 2.75) is 32.9 Å². The second-order valence-electron chi connectivity index (χ2n) is 6.30. The fourth-order valence-electron chi connectivity index (χ4n) is 2.38. The summed E-state index contributed by atoms with van der Waals surface area (Å²) in [6, 6.07) is 14.2. The summed E-state index contributed by atoms with van der Waals surface area (Å²) < 4.78 is 0. The van der Waals surface area contributed by atoms with E-state index in [2.05, 4.69) is 10.6 Å². The maximum atomic E-state index is 12.1. The summed E-state index contributed by atoms with van der Waals surface area (Å²) in [6.07, 6.45) is 0. The fraction of sp³-hybridized carbons (Fsp3) is 0.263. The molecule has 0 saturated carbocycles. The molecule has 5 heteroatoms. The highest BCUT2D eigenvalue weighted by molar-refractivity contribution is 5.87. The molecule has 0 atom stereocenters. The number of aromatic carboxylic acids is 1. The molecule has 3 N–H and O–H groups in total. The van der Waals surface area contributed by atoms with E-state index in [1.807, 2.05) is 45.0 Å². The molecule has 0 spiro atoms. The van der Waals surface area contributed by atoms with Gasteiger partial charge in [0.25, 0.3) is 0 Å². The molecule has 0 radical (unpaired) electrons. The minimum Gasteiger partial charge on any atom is -0.478 e. The number of carboxylic acids is 1. The van der Waals surface area contributed by atoms with Crippen molar-refractivity contribution in [1.82, 2.24) is 10.6 Å². The summed E-state index contributed by atoms with van der Waals surface area (Å²) in [6.45, 7) is 6.24. The van der Waals surface area contributed by atoms with E-state index in [4.69, 9.17) is 5.11 Å². The molecule has 2 aromatic rings. The first-order valence-corrected chi connectivity index (χ1v) is 7.73. The largest absolute Gasteiger partial charge is 0.478 e. The molecular formula is C19H22N2O3. The maximum absolute atomic E-state index is 12.1. The van der Waals surface area contributed by atoms with E-state index in [1.165, 1.54) is 12.1 Å². The number of carboxylic acid groups (broad SMARTS) is 1. The number of urea groups is 1. The molecular weight excluding hydrogens is 304 g/mol. The van der Waals surface area contributed by atoms with Gasteiger partial charge in [0.05, 0.1) is 11.1 Å². The SMILES string of the molecule is Cc1cccc(C(C)(C)NC(=O)NCc2ccc(C(=O)O)cc2)c1. The standard InChI is InChI=1S/C19H22N2O3/c1-13-5-4-6-16(11-13)19(2,3)21-18(24)20-12-14-7-9-15(10-8-14)17(22)23/h4-11H,12H2,1-3H3,(H,22,23)(H2,20,21,24). The third-order valence-corrected chi connectivity index (χ3v) is 3.82. The van der Waals surface area contributed by atoms with E-state index in [0.29, 0.717) is 6.54 Å². The summed E-state index contributed by atoms with van der Waals surface area (Å²) in [7, 11) is 0. The highest BCUT2D eigenvalue weighted by Crippen LogP contribution is 2.20. The zero-order valence-electron chi connectivity index (χ0n) is 14.1. The summed E-state index contributed by atoms with van der Waals surface area (Å²) in [4.78, 5) is 23.0. The number of rotatable bonds is 5. The Bertz CT molecular complexity index is 737. The molecule has 0 heterocycles. The first-order chi connectivity index (χ1) is 11.3. The van der Waals surface area contributed by atoms with Crippen LogP contribution >= 0.6 is 0 Å². The van der Waals surface area contributed by atoms with E-state index in [0.717, 1.165) is 16.7 Å². The van der Waals surface area contributed by atoms with Gasteiger partial charge in [0, 0.05) is 6.54 Å². The first kappa shape index (κ1) is 17.5. The molecule has 0 aliphatic rings. The van der Waals surface area contributed by atoms with Crippen molar-refractivity contribution < 1.29 is 14.7 Å². The van der Waals surface area contributed by atoms with Crippen LogP contribution in [0.4, 0.5) is 4.79 Å². The molecule has 126 valence electrons. The lowest BCUT2D eigenvalue weighted by Gasteiger charge is -2.27. The van der Waals surface area contributed by atoms with Crippen LogP contribution in [-0.2, 0) is 12.1 Å². The minimum atomic E-state index is -0.966. The number of hydrogen-bond donors (Lipinski definition) is 3. The molecule has 0 aromatic heterocycles. The van der Waals surface area contributed by atoms with Crippen LogP contribution in [0.3, 0.4) is 0 Å². The summed E-state index contributed by atoms with van der Waals surface area (Å²) in [5, 5.41) is 14.6. The Morgan fingerprint density at radius 3 is 2.33 bits per heavy atom. The Balaban J connectivity index is 1.94. The molecule has 24 heavy (non-hydrogen) atoms. The van der Waals surface area contributed by atoms with Crippen molar-refractivity contribution in [2.75, 3.05) is 0 Å². The fourth-order valence-corrected chi connectivity index (χ4v) is 2.38. The number of benzene rings is 2. The molecule has 0 bridgehead atoms. The molecule has 2 aromatic carbocycles. The van der Waals surface area contributed by atoms with Crippen molar-refractivity contribution in [3.63, 3.8) is 0 Å². The van der Waals surface area contributed by atoms with Crippen LogP contribution < -0.4 is 10.6 Å². The number of hydrogen-bond acceptors (Lipinski definition) is 2. The van der Waals surface area contributed by atoms with E-state index < -0.39 is 11.5 Å². The van der Waals surface area contributed by atoms with Crippen LogP contribution in [0.25, 0.3) is 0 Å². The molecule has 0 saturated heterocycles. The van der Waals surface area contributed by atoms with Crippen LogP contribution in [0.5, 0.6) is 0 Å². The van der Waals surface area contributed by atoms with Gasteiger partial charge in [-0.05, 0) is 44.0 Å². The van der Waals surface area contributed by atoms with Gasteiger partial charge in [-0.15, -0.1) is 0 Å². The smallest absolute Gasteiger partial charge is 0.335 e. The van der Waals surface area contributed by atoms with Crippen LogP contribution in [-0.4, -0.2) is 17.1 Å². The number of nitrogens with one attached hydrogen (secondary N) is 2. The predicted octanol–water partition coefficient (Wildman–Crippen LogP) is 3.43. The van der Waals surface area contributed by atoms with Crippen LogP contribution in [0.1, 0.15) is 40.9 Å². The normalized spacial score (nSPS) is 11.0. The van der Waals surface area contributed by atoms with Gasteiger partial charge in [0.15, 0.2) is 0 Å². The highest BCUT2D eigenvalue weighted by Gasteiger charge is 2.22. The van der Waals surface area contributed by atoms with Gasteiger partial charge >= 0.3 is 12.0 Å². The summed E-state index contributed by atoms with van der Waals surface area (Å²) in [5.41, 5.74) is 2.74. The quantitative estimate of drug-likeness (QED) is 0.787. The summed E-state index contributed by atoms with van der Waals surface area (Å²) >= 11 is 0. The van der Waals surface area contributed by atoms with Gasteiger partial charge in [-0.25, -0.2) is 9.59 Å². The van der Waals surface area contributed by atoms with Gasteiger partial charge in [-0.2, -0.15) is 0 Å². The van der Waals surface area contributed by atoms with Crippen molar-refractivity contribution in [2.24, 2.45) is 0 Å². The van der Waals surface area contributed by atoms with Crippen LogP contribution in [0.2, 0.25) is 0 Å². The van der Waals surface area contributed by atoms with E-state index in [9.17, 15) is 9.59 Å².